The predicted molar refractivity (Wildman–Crippen MR) is 70.8 cm³/mol. The van der Waals surface area contributed by atoms with Gasteiger partial charge in [-0.05, 0) is 38.8 Å². The summed E-state index contributed by atoms with van der Waals surface area (Å²) in [6.45, 7) is 6.03. The van der Waals surface area contributed by atoms with E-state index in [0.717, 1.165) is 0 Å². The van der Waals surface area contributed by atoms with E-state index in [0.29, 0.717) is 12.0 Å². The molecule has 0 saturated carbocycles. The summed E-state index contributed by atoms with van der Waals surface area (Å²) in [6, 6.07) is 6.90. The first-order valence-corrected chi connectivity index (χ1v) is 6.25. The van der Waals surface area contributed by atoms with E-state index in [2.05, 4.69) is 10.6 Å². The van der Waals surface area contributed by atoms with E-state index < -0.39 is 0 Å². The maximum atomic E-state index is 13.4. The van der Waals surface area contributed by atoms with Crippen LogP contribution in [0.4, 0.5) is 4.39 Å². The predicted octanol–water partition coefficient (Wildman–Crippen LogP) is 1.87. The maximum Gasteiger partial charge on any atom is 0.234 e. The molecule has 1 amide bonds. The molecule has 0 radical (unpaired) electrons. The van der Waals surface area contributed by atoms with Crippen molar-refractivity contribution in [2.75, 3.05) is 6.54 Å². The van der Waals surface area contributed by atoms with Gasteiger partial charge in [0.1, 0.15) is 5.82 Å². The molecule has 0 spiro atoms. The average molecular weight is 252 g/mol. The van der Waals surface area contributed by atoms with E-state index >= 15 is 0 Å². The zero-order valence-corrected chi connectivity index (χ0v) is 11.2. The van der Waals surface area contributed by atoms with Gasteiger partial charge in [-0.1, -0.05) is 18.2 Å². The second-order valence-corrected chi connectivity index (χ2v) is 4.80. The Morgan fingerprint density at radius 1 is 1.28 bits per heavy atom. The van der Waals surface area contributed by atoms with Gasteiger partial charge in [-0.3, -0.25) is 4.79 Å². The lowest BCUT2D eigenvalue weighted by Gasteiger charge is -2.15. The Hall–Kier alpha value is -1.42. The van der Waals surface area contributed by atoms with Gasteiger partial charge in [0, 0.05) is 12.1 Å². The molecule has 1 atom stereocenters. The van der Waals surface area contributed by atoms with Crippen molar-refractivity contribution in [3.05, 3.63) is 35.6 Å². The lowest BCUT2D eigenvalue weighted by atomic mass is 10.1. The summed E-state index contributed by atoms with van der Waals surface area (Å²) in [5.41, 5.74) is 0.668. The van der Waals surface area contributed by atoms with Crippen LogP contribution in [0.1, 0.15) is 26.3 Å². The van der Waals surface area contributed by atoms with Crippen molar-refractivity contribution in [2.45, 2.75) is 39.3 Å². The number of halogens is 1. The number of amides is 1. The molecule has 1 aromatic carbocycles. The third-order valence-corrected chi connectivity index (χ3v) is 2.54. The highest BCUT2D eigenvalue weighted by Gasteiger charge is 2.09. The Labute approximate surface area is 108 Å². The molecule has 18 heavy (non-hydrogen) atoms. The highest BCUT2D eigenvalue weighted by Crippen LogP contribution is 2.08. The number of rotatable bonds is 6. The first-order chi connectivity index (χ1) is 8.49. The minimum absolute atomic E-state index is 0.0367. The van der Waals surface area contributed by atoms with E-state index in [1.54, 1.807) is 12.1 Å². The van der Waals surface area contributed by atoms with Crippen molar-refractivity contribution in [3.8, 4) is 0 Å². The van der Waals surface area contributed by atoms with Crippen molar-refractivity contribution >= 4 is 5.91 Å². The fraction of sp³-hybridized carbons (Fsp3) is 0.500. The van der Waals surface area contributed by atoms with Crippen LogP contribution in [0, 0.1) is 5.82 Å². The minimum atomic E-state index is -0.196. The molecule has 0 aromatic heterocycles. The van der Waals surface area contributed by atoms with E-state index in [4.69, 9.17) is 0 Å². The van der Waals surface area contributed by atoms with Crippen LogP contribution < -0.4 is 10.6 Å². The fourth-order valence-electron chi connectivity index (χ4n) is 1.71. The van der Waals surface area contributed by atoms with Crippen LogP contribution in [0.5, 0.6) is 0 Å². The molecule has 1 rings (SSSR count). The molecule has 0 aliphatic carbocycles. The standard InChI is InChI=1S/C14H21FN2O/c1-10(2)17-14(18)9-16-11(3)8-12-6-4-5-7-13(12)15/h4-7,10-11,16H,8-9H2,1-3H3,(H,17,18). The number of nitrogens with one attached hydrogen (secondary N) is 2. The molecular weight excluding hydrogens is 231 g/mol. The third-order valence-electron chi connectivity index (χ3n) is 2.54. The topological polar surface area (TPSA) is 41.1 Å². The third kappa shape index (κ3) is 5.27. The number of carbonyl (C=O) groups excluding carboxylic acids is 1. The largest absolute Gasteiger partial charge is 0.353 e. The van der Waals surface area contributed by atoms with E-state index in [-0.39, 0.29) is 30.4 Å². The Balaban J connectivity index is 2.36. The summed E-state index contributed by atoms with van der Waals surface area (Å²) < 4.78 is 13.4. The number of hydrogen-bond acceptors (Lipinski definition) is 2. The van der Waals surface area contributed by atoms with Crippen LogP contribution in [0.15, 0.2) is 24.3 Å². The molecule has 100 valence electrons. The van der Waals surface area contributed by atoms with Crippen LogP contribution in [0.3, 0.4) is 0 Å². The molecule has 1 aromatic rings. The summed E-state index contributed by atoms with van der Waals surface area (Å²) in [4.78, 5) is 11.4. The van der Waals surface area contributed by atoms with Gasteiger partial charge in [-0.2, -0.15) is 0 Å². The second-order valence-electron chi connectivity index (χ2n) is 4.80. The van der Waals surface area contributed by atoms with Gasteiger partial charge in [0.05, 0.1) is 6.54 Å². The van der Waals surface area contributed by atoms with Crippen LogP contribution in [0.2, 0.25) is 0 Å². The number of carbonyl (C=O) groups is 1. The summed E-state index contributed by atoms with van der Waals surface area (Å²) in [7, 11) is 0. The van der Waals surface area contributed by atoms with E-state index in [1.165, 1.54) is 6.07 Å². The highest BCUT2D eigenvalue weighted by atomic mass is 19.1. The fourth-order valence-corrected chi connectivity index (χ4v) is 1.71. The molecule has 0 fully saturated rings. The Kier molecular flexibility index (Phi) is 5.78. The van der Waals surface area contributed by atoms with Gasteiger partial charge in [0.2, 0.25) is 5.91 Å². The summed E-state index contributed by atoms with van der Waals surface area (Å²) in [6.07, 6.45) is 0.571. The lowest BCUT2D eigenvalue weighted by Crippen LogP contribution is -2.41. The molecule has 0 aliphatic rings. The van der Waals surface area contributed by atoms with E-state index in [1.807, 2.05) is 26.8 Å². The lowest BCUT2D eigenvalue weighted by molar-refractivity contribution is -0.120. The number of benzene rings is 1. The summed E-state index contributed by atoms with van der Waals surface area (Å²) >= 11 is 0. The maximum absolute atomic E-state index is 13.4. The molecule has 1 unspecified atom stereocenters. The van der Waals surface area contributed by atoms with Gasteiger partial charge in [-0.25, -0.2) is 4.39 Å². The van der Waals surface area contributed by atoms with E-state index in [9.17, 15) is 9.18 Å². The molecule has 0 saturated heterocycles. The second kappa shape index (κ2) is 7.11. The smallest absolute Gasteiger partial charge is 0.234 e. The summed E-state index contributed by atoms with van der Waals surface area (Å²) in [5.74, 6) is -0.233. The van der Waals surface area contributed by atoms with Crippen molar-refractivity contribution in [1.82, 2.24) is 10.6 Å². The molecule has 0 aliphatic heterocycles. The molecule has 0 bridgehead atoms. The monoisotopic (exact) mass is 252 g/mol. The van der Waals surface area contributed by atoms with Crippen molar-refractivity contribution in [1.29, 1.82) is 0 Å². The molecule has 3 nitrogen and oxygen atoms in total. The normalized spacial score (nSPS) is 12.5. The highest BCUT2D eigenvalue weighted by molar-refractivity contribution is 5.78. The Bertz CT molecular complexity index is 393. The average Bonchev–Trinajstić information content (AvgIpc) is 2.29. The molecular formula is C14H21FN2O. The van der Waals surface area contributed by atoms with Gasteiger partial charge >= 0.3 is 0 Å². The van der Waals surface area contributed by atoms with Crippen molar-refractivity contribution < 1.29 is 9.18 Å². The minimum Gasteiger partial charge on any atom is -0.353 e. The van der Waals surface area contributed by atoms with Crippen molar-refractivity contribution in [3.63, 3.8) is 0 Å². The number of hydrogen-bond donors (Lipinski definition) is 2. The summed E-state index contributed by atoms with van der Waals surface area (Å²) in [5, 5.41) is 5.88. The van der Waals surface area contributed by atoms with Crippen LogP contribution >= 0.6 is 0 Å². The van der Waals surface area contributed by atoms with Crippen molar-refractivity contribution in [2.24, 2.45) is 0 Å². The zero-order valence-electron chi connectivity index (χ0n) is 11.2. The van der Waals surface area contributed by atoms with Crippen LogP contribution in [-0.2, 0) is 11.2 Å². The van der Waals surface area contributed by atoms with Gasteiger partial charge < -0.3 is 10.6 Å². The first kappa shape index (κ1) is 14.6. The van der Waals surface area contributed by atoms with Gasteiger partial charge in [0.25, 0.3) is 0 Å². The quantitative estimate of drug-likeness (QED) is 0.811. The SMILES string of the molecule is CC(C)NC(=O)CNC(C)Cc1ccccc1F. The molecule has 2 N–H and O–H groups in total. The van der Waals surface area contributed by atoms with Gasteiger partial charge in [0.15, 0.2) is 0 Å². The van der Waals surface area contributed by atoms with Crippen LogP contribution in [0.25, 0.3) is 0 Å². The first-order valence-electron chi connectivity index (χ1n) is 6.25. The zero-order chi connectivity index (χ0) is 13.5. The van der Waals surface area contributed by atoms with Gasteiger partial charge in [-0.15, -0.1) is 0 Å². The molecule has 0 heterocycles. The Morgan fingerprint density at radius 3 is 2.56 bits per heavy atom. The molecule has 4 heteroatoms. The Morgan fingerprint density at radius 2 is 1.94 bits per heavy atom. The van der Waals surface area contributed by atoms with Crippen LogP contribution in [-0.4, -0.2) is 24.5 Å².